The third-order valence-electron chi connectivity index (χ3n) is 20.5. The van der Waals surface area contributed by atoms with E-state index in [9.17, 15) is 42.6 Å². The highest BCUT2D eigenvalue weighted by Gasteiger charge is 2.71. The first-order valence-corrected chi connectivity index (χ1v) is 27.3. The van der Waals surface area contributed by atoms with Crippen molar-refractivity contribution in [3.05, 3.63) is 41.0 Å². The molecule has 1 saturated heterocycles. The first-order chi connectivity index (χ1) is 31.5. The minimum atomic E-state index is -3.03. The van der Waals surface area contributed by atoms with Crippen LogP contribution in [0.1, 0.15) is 151 Å². The molecule has 13 nitrogen and oxygen atoms in total. The molecular weight excluding hydrogens is 883 g/mol. The van der Waals surface area contributed by atoms with E-state index in [1.807, 2.05) is 18.7 Å². The normalized spacial score (nSPS) is 37.4. The minimum Gasteiger partial charge on any atom is -0.481 e. The van der Waals surface area contributed by atoms with Gasteiger partial charge in [0.2, 0.25) is 5.91 Å². The number of hydrogen-bond acceptors (Lipinski definition) is 10. The smallest absolute Gasteiger partial charge is 0.309 e. The lowest BCUT2D eigenvalue weighted by Crippen LogP contribution is -2.66. The Labute approximate surface area is 404 Å². The number of ether oxygens (including phenoxy) is 1. The van der Waals surface area contributed by atoms with Gasteiger partial charge in [-0.3, -0.25) is 24.0 Å². The number of aliphatic hydroxyl groups is 1. The van der Waals surface area contributed by atoms with Crippen molar-refractivity contribution in [2.75, 3.05) is 36.0 Å². The number of sulfone groups is 1. The third kappa shape index (κ3) is 7.86. The number of nitrogens with zero attached hydrogens (tertiary/aromatic N) is 1. The summed E-state index contributed by atoms with van der Waals surface area (Å²) in [4.78, 5) is 69.2. The van der Waals surface area contributed by atoms with Gasteiger partial charge in [0, 0.05) is 48.1 Å². The fourth-order valence-electron chi connectivity index (χ4n) is 16.1. The highest BCUT2D eigenvalue weighted by atomic mass is 32.2. The summed E-state index contributed by atoms with van der Waals surface area (Å²) in [6, 6.07) is 6.91. The molecule has 0 spiro atoms. The predicted octanol–water partition coefficient (Wildman–Crippen LogP) is 7.55. The van der Waals surface area contributed by atoms with Crippen molar-refractivity contribution in [2.24, 2.45) is 68.0 Å². The van der Waals surface area contributed by atoms with Crippen molar-refractivity contribution in [1.29, 1.82) is 0 Å². The number of carboxylic acid groups (broad SMARTS) is 1. The van der Waals surface area contributed by atoms with Gasteiger partial charge in [-0.1, -0.05) is 67.9 Å². The molecule has 8 rings (SSSR count). The van der Waals surface area contributed by atoms with Crippen LogP contribution in [-0.4, -0.2) is 97.1 Å². The molecule has 0 radical (unpaired) electrons. The van der Waals surface area contributed by atoms with Crippen molar-refractivity contribution >= 4 is 45.1 Å². The number of carbonyl (C=O) groups is 5. The second kappa shape index (κ2) is 16.9. The maximum absolute atomic E-state index is 14.3. The van der Waals surface area contributed by atoms with Crippen LogP contribution < -0.4 is 15.5 Å². The number of carboxylic acids is 1. The van der Waals surface area contributed by atoms with E-state index in [1.54, 1.807) is 38.1 Å². The molecule has 2 amide bonds. The Morgan fingerprint density at radius 1 is 0.838 bits per heavy atom. The topological polar surface area (TPSA) is 196 Å². The summed E-state index contributed by atoms with van der Waals surface area (Å²) in [6.07, 6.45) is 6.31. The van der Waals surface area contributed by atoms with Gasteiger partial charge in [-0.25, -0.2) is 8.42 Å². The molecule has 1 aliphatic heterocycles. The SMILES string of the molecule is CC(C)C1=C2[C@H]3CC[C@@H]4[C@@]5(C)CC[C@H](OC(=O)[C@H]6C[C@@H](C(=O)O)C6(C)C)C(C)(C)[C@@H]5CC[C@@]4(C)[C@]3(C)CC[C@@]2([C@@H](O)CNC(=O)C(C)(C)NC(=O)c2ccc(N3CCS(=O)(=O)CC3)cc2)CC1=O. The lowest BCUT2D eigenvalue weighted by Gasteiger charge is -2.72. The predicted molar refractivity (Wildman–Crippen MR) is 260 cm³/mol. The average molecular weight is 962 g/mol. The molecule has 5 saturated carbocycles. The Kier molecular flexibility index (Phi) is 12.6. The van der Waals surface area contributed by atoms with Crippen LogP contribution in [-0.2, 0) is 33.8 Å². The van der Waals surface area contributed by atoms with E-state index in [0.29, 0.717) is 43.3 Å². The second-order valence-electron chi connectivity index (χ2n) is 25.1. The van der Waals surface area contributed by atoms with Crippen LogP contribution in [0.2, 0.25) is 0 Å². The van der Waals surface area contributed by atoms with Crippen LogP contribution in [0.3, 0.4) is 0 Å². The zero-order valence-corrected chi connectivity index (χ0v) is 43.4. The number of nitrogens with one attached hydrogen (secondary N) is 2. The molecule has 7 aliphatic rings. The van der Waals surface area contributed by atoms with Crippen LogP contribution in [0.5, 0.6) is 0 Å². The lowest BCUT2D eigenvalue weighted by atomic mass is 9.33. The molecule has 11 atom stereocenters. The number of rotatable bonds is 11. The fraction of sp³-hybridized carbons (Fsp3) is 0.759. The Bertz CT molecular complexity index is 2380. The second-order valence-corrected chi connectivity index (χ2v) is 27.4. The minimum absolute atomic E-state index is 0.0112. The first kappa shape index (κ1) is 50.6. The zero-order chi connectivity index (χ0) is 49.9. The van der Waals surface area contributed by atoms with E-state index in [2.05, 4.69) is 59.1 Å². The summed E-state index contributed by atoms with van der Waals surface area (Å²) in [6.45, 7) is 23.9. The van der Waals surface area contributed by atoms with E-state index in [-0.39, 0.29) is 75.8 Å². The van der Waals surface area contributed by atoms with Gasteiger partial charge in [0.15, 0.2) is 15.6 Å². The van der Waals surface area contributed by atoms with Crippen LogP contribution in [0.25, 0.3) is 0 Å². The largest absolute Gasteiger partial charge is 0.481 e. The van der Waals surface area contributed by atoms with Crippen LogP contribution >= 0.6 is 0 Å². The van der Waals surface area contributed by atoms with E-state index in [0.717, 1.165) is 61.8 Å². The summed E-state index contributed by atoms with van der Waals surface area (Å²) in [5.74, 6) is -1.93. The highest BCUT2D eigenvalue weighted by Crippen LogP contribution is 2.77. The Hall–Kier alpha value is -3.78. The standard InChI is InChI=1S/C54H79N3O10S/c1-31(2)42-37(58)29-54(40(59)30-55-47(64)50(7,8)56-44(60)32-12-14-33(15-13-32)57-24-26-68(65,66)27-25-57)23-22-52(10)34(43(42)54)16-17-39-51(9)20-19-41(49(5,6)38(51)18-21-53(39,52)11)67-46(63)36-28-35(45(61)62)48(36,3)4/h12-15,31,34-36,38-41,59H,16-30H2,1-11H3,(H,55,64)(H,56,60)(H,61,62)/t34-,35+,36-,38+,39-,40+,41+,51+,52-,53-,54+/m1/s1. The number of amides is 2. The number of hydrogen-bond donors (Lipinski definition) is 4. The van der Waals surface area contributed by atoms with Gasteiger partial charge in [0.1, 0.15) is 11.6 Å². The van der Waals surface area contributed by atoms with E-state index < -0.39 is 61.9 Å². The summed E-state index contributed by atoms with van der Waals surface area (Å²) in [7, 11) is -3.03. The quantitative estimate of drug-likeness (QED) is 0.160. The maximum atomic E-state index is 14.3. The highest BCUT2D eigenvalue weighted by molar-refractivity contribution is 7.91. The molecule has 68 heavy (non-hydrogen) atoms. The molecule has 1 heterocycles. The summed E-state index contributed by atoms with van der Waals surface area (Å²) >= 11 is 0. The maximum Gasteiger partial charge on any atom is 0.309 e. The van der Waals surface area contributed by atoms with Crippen LogP contribution in [0.4, 0.5) is 5.69 Å². The molecule has 1 aromatic rings. The first-order valence-electron chi connectivity index (χ1n) is 25.5. The molecule has 4 N–H and O–H groups in total. The van der Waals surface area contributed by atoms with Crippen molar-refractivity contribution in [3.63, 3.8) is 0 Å². The van der Waals surface area contributed by atoms with Gasteiger partial charge in [-0.15, -0.1) is 0 Å². The van der Waals surface area contributed by atoms with Gasteiger partial charge in [0.05, 0.1) is 29.4 Å². The number of aliphatic hydroxyl groups excluding tert-OH is 1. The molecule has 0 unspecified atom stereocenters. The summed E-state index contributed by atoms with van der Waals surface area (Å²) < 4.78 is 30.2. The molecule has 1 aromatic carbocycles. The molecule has 0 aromatic heterocycles. The van der Waals surface area contributed by atoms with E-state index in [1.165, 1.54) is 0 Å². The number of benzene rings is 1. The number of aliphatic carboxylic acids is 1. The molecule has 6 aliphatic carbocycles. The molecular formula is C54H79N3O10S. The number of esters is 1. The monoisotopic (exact) mass is 962 g/mol. The lowest BCUT2D eigenvalue weighted by molar-refractivity contribution is -0.238. The summed E-state index contributed by atoms with van der Waals surface area (Å²) in [5, 5.41) is 28.0. The van der Waals surface area contributed by atoms with E-state index >= 15 is 0 Å². The van der Waals surface area contributed by atoms with Crippen LogP contribution in [0, 0.1) is 68.0 Å². The molecule has 6 fully saturated rings. The Morgan fingerprint density at radius 3 is 2.09 bits per heavy atom. The number of allylic oxidation sites excluding steroid dienone is 1. The van der Waals surface area contributed by atoms with Crippen LogP contribution in [0.15, 0.2) is 35.4 Å². The summed E-state index contributed by atoms with van der Waals surface area (Å²) in [5.41, 5.74) is -0.147. The number of fused-ring (bicyclic) bond motifs is 7. The molecule has 14 heteroatoms. The fourth-order valence-corrected chi connectivity index (χ4v) is 17.3. The Balaban J connectivity index is 0.959. The number of ketones is 1. The molecule has 376 valence electrons. The number of anilines is 1. The van der Waals surface area contributed by atoms with Gasteiger partial charge < -0.3 is 30.5 Å². The van der Waals surface area contributed by atoms with Gasteiger partial charge >= 0.3 is 11.9 Å². The zero-order valence-electron chi connectivity index (χ0n) is 42.6. The van der Waals surface area contributed by atoms with Crippen molar-refractivity contribution in [2.45, 2.75) is 158 Å². The third-order valence-corrected chi connectivity index (χ3v) is 22.1. The van der Waals surface area contributed by atoms with Crippen molar-refractivity contribution < 1.29 is 47.3 Å². The van der Waals surface area contributed by atoms with E-state index in [4.69, 9.17) is 4.74 Å². The molecule has 0 bridgehead atoms. The van der Waals surface area contributed by atoms with Gasteiger partial charge in [-0.2, -0.15) is 0 Å². The average Bonchev–Trinajstić information content (AvgIpc) is 3.56. The van der Waals surface area contributed by atoms with Crippen molar-refractivity contribution in [3.8, 4) is 0 Å². The van der Waals surface area contributed by atoms with Crippen molar-refractivity contribution in [1.82, 2.24) is 10.6 Å². The number of carbonyl (C=O) groups excluding carboxylic acids is 4. The van der Waals surface area contributed by atoms with Gasteiger partial charge in [-0.05, 0) is 147 Å². The Morgan fingerprint density at radius 2 is 1.49 bits per heavy atom. The number of Topliss-reactive ketones (excluding diaryl/α,β-unsaturated/α-hetero) is 1. The van der Waals surface area contributed by atoms with Gasteiger partial charge in [0.25, 0.3) is 5.91 Å².